The lowest BCUT2D eigenvalue weighted by Gasteiger charge is -2.16. The summed E-state index contributed by atoms with van der Waals surface area (Å²) >= 11 is 0. The Labute approximate surface area is 92.7 Å². The number of hydrogen-bond donors (Lipinski definition) is 4. The average molecular weight is 228 g/mol. The molecule has 0 spiro atoms. The standard InChI is InChI=1S/C7H16N8O/c1-9-3-2-4-15(8)6(16)5-10-7-11-13-14-12-7/h9H,2-5,8H2,1H3,(H2,10,11,12,13,14). The third-order valence-electron chi connectivity index (χ3n) is 1.89. The first kappa shape index (κ1) is 12.3. The van der Waals surface area contributed by atoms with Gasteiger partial charge in [0.25, 0.3) is 11.9 Å². The Hall–Kier alpha value is -1.74. The van der Waals surface area contributed by atoms with Crippen molar-refractivity contribution in [2.75, 3.05) is 32.0 Å². The summed E-state index contributed by atoms with van der Waals surface area (Å²) in [6, 6.07) is 0. The van der Waals surface area contributed by atoms with Crippen LogP contribution >= 0.6 is 0 Å². The van der Waals surface area contributed by atoms with Gasteiger partial charge in [0.1, 0.15) is 0 Å². The lowest BCUT2D eigenvalue weighted by Crippen LogP contribution is -2.42. The number of nitrogens with zero attached hydrogens (tertiary/aromatic N) is 4. The zero-order valence-corrected chi connectivity index (χ0v) is 9.10. The molecule has 0 atom stereocenters. The number of hydrazine groups is 1. The van der Waals surface area contributed by atoms with E-state index in [0.717, 1.165) is 13.0 Å². The van der Waals surface area contributed by atoms with Crippen molar-refractivity contribution in [3.8, 4) is 0 Å². The minimum absolute atomic E-state index is 0.0512. The number of H-pyrrole nitrogens is 1. The van der Waals surface area contributed by atoms with Gasteiger partial charge in [-0.25, -0.2) is 5.84 Å². The third-order valence-corrected chi connectivity index (χ3v) is 1.89. The number of aromatic amines is 1. The number of amides is 1. The van der Waals surface area contributed by atoms with E-state index in [-0.39, 0.29) is 18.4 Å². The Morgan fingerprint density at radius 1 is 1.62 bits per heavy atom. The summed E-state index contributed by atoms with van der Waals surface area (Å²) in [6.45, 7) is 1.38. The number of hydrogen-bond acceptors (Lipinski definition) is 7. The van der Waals surface area contributed by atoms with Crippen molar-refractivity contribution in [2.45, 2.75) is 6.42 Å². The van der Waals surface area contributed by atoms with Crippen molar-refractivity contribution >= 4 is 11.9 Å². The molecule has 0 bridgehead atoms. The maximum atomic E-state index is 11.5. The second-order valence-corrected chi connectivity index (χ2v) is 3.13. The highest BCUT2D eigenvalue weighted by molar-refractivity contribution is 5.79. The van der Waals surface area contributed by atoms with Crippen molar-refractivity contribution in [3.05, 3.63) is 0 Å². The van der Waals surface area contributed by atoms with Crippen LogP contribution in [0, 0.1) is 0 Å². The average Bonchev–Trinajstić information content (AvgIpc) is 2.79. The molecule has 0 aliphatic rings. The number of nitrogens with one attached hydrogen (secondary N) is 3. The molecule has 90 valence electrons. The highest BCUT2D eigenvalue weighted by Crippen LogP contribution is 1.91. The predicted molar refractivity (Wildman–Crippen MR) is 57.1 cm³/mol. The van der Waals surface area contributed by atoms with Gasteiger partial charge in [0.05, 0.1) is 6.54 Å². The first-order valence-electron chi connectivity index (χ1n) is 4.91. The summed E-state index contributed by atoms with van der Waals surface area (Å²) < 4.78 is 0. The van der Waals surface area contributed by atoms with Gasteiger partial charge < -0.3 is 10.6 Å². The molecule has 5 N–H and O–H groups in total. The van der Waals surface area contributed by atoms with Crippen LogP contribution in [0.1, 0.15) is 6.42 Å². The zero-order valence-electron chi connectivity index (χ0n) is 9.10. The van der Waals surface area contributed by atoms with Gasteiger partial charge in [0.2, 0.25) is 0 Å². The van der Waals surface area contributed by atoms with Crippen molar-refractivity contribution in [1.82, 2.24) is 30.9 Å². The molecule has 0 saturated heterocycles. The molecular weight excluding hydrogens is 212 g/mol. The fourth-order valence-electron chi connectivity index (χ4n) is 1.04. The van der Waals surface area contributed by atoms with Crippen LogP contribution in [-0.4, -0.2) is 58.2 Å². The maximum absolute atomic E-state index is 11.5. The molecule has 0 aliphatic heterocycles. The number of carbonyl (C=O) groups is 1. The molecule has 0 aliphatic carbocycles. The van der Waals surface area contributed by atoms with Crippen molar-refractivity contribution in [3.63, 3.8) is 0 Å². The van der Waals surface area contributed by atoms with Gasteiger partial charge in [-0.3, -0.25) is 9.80 Å². The fraction of sp³-hybridized carbons (Fsp3) is 0.714. The number of rotatable bonds is 7. The van der Waals surface area contributed by atoms with Gasteiger partial charge >= 0.3 is 0 Å². The first-order valence-corrected chi connectivity index (χ1v) is 4.91. The lowest BCUT2D eigenvalue weighted by molar-refractivity contribution is -0.129. The number of anilines is 1. The zero-order chi connectivity index (χ0) is 11.8. The molecule has 1 rings (SSSR count). The molecule has 0 aromatic carbocycles. The topological polar surface area (TPSA) is 125 Å². The van der Waals surface area contributed by atoms with Gasteiger partial charge in [0, 0.05) is 6.54 Å². The van der Waals surface area contributed by atoms with Crippen LogP contribution in [0.15, 0.2) is 0 Å². The molecule has 0 radical (unpaired) electrons. The van der Waals surface area contributed by atoms with E-state index in [1.807, 2.05) is 7.05 Å². The van der Waals surface area contributed by atoms with Gasteiger partial charge in [-0.2, -0.15) is 5.21 Å². The lowest BCUT2D eigenvalue weighted by atomic mass is 10.4. The highest BCUT2D eigenvalue weighted by atomic mass is 16.2. The quantitative estimate of drug-likeness (QED) is 0.183. The number of tetrazole rings is 1. The Balaban J connectivity index is 2.18. The van der Waals surface area contributed by atoms with Gasteiger partial charge in [0.15, 0.2) is 0 Å². The van der Waals surface area contributed by atoms with Crippen LogP contribution in [0.3, 0.4) is 0 Å². The van der Waals surface area contributed by atoms with Gasteiger partial charge in [-0.15, -0.1) is 5.10 Å². The van der Waals surface area contributed by atoms with Gasteiger partial charge in [-0.1, -0.05) is 5.10 Å². The molecule has 0 unspecified atom stereocenters. The van der Waals surface area contributed by atoms with Crippen molar-refractivity contribution < 1.29 is 4.79 Å². The smallest absolute Gasteiger partial charge is 0.263 e. The molecular formula is C7H16N8O. The molecule has 9 heteroatoms. The largest absolute Gasteiger partial charge is 0.342 e. The minimum Gasteiger partial charge on any atom is -0.342 e. The van der Waals surface area contributed by atoms with E-state index in [2.05, 4.69) is 31.3 Å². The number of nitrogens with two attached hydrogens (primary N) is 1. The number of aromatic nitrogens is 4. The molecule has 1 aromatic heterocycles. The number of carbonyl (C=O) groups excluding carboxylic acids is 1. The summed E-state index contributed by atoms with van der Waals surface area (Å²) in [7, 11) is 1.85. The van der Waals surface area contributed by atoms with Crippen LogP contribution < -0.4 is 16.5 Å². The minimum atomic E-state index is -0.221. The SMILES string of the molecule is CNCCCN(N)C(=O)CNc1nn[nH]n1. The fourth-order valence-corrected chi connectivity index (χ4v) is 1.04. The monoisotopic (exact) mass is 228 g/mol. The van der Waals surface area contributed by atoms with E-state index < -0.39 is 0 Å². The van der Waals surface area contributed by atoms with Crippen LogP contribution in [-0.2, 0) is 4.79 Å². The summed E-state index contributed by atoms with van der Waals surface area (Å²) in [5.41, 5.74) is 0. The Kier molecular flexibility index (Phi) is 5.16. The molecule has 0 fully saturated rings. The van der Waals surface area contributed by atoms with E-state index >= 15 is 0 Å². The molecule has 1 amide bonds. The van der Waals surface area contributed by atoms with Crippen molar-refractivity contribution in [1.29, 1.82) is 0 Å². The molecule has 1 heterocycles. The Morgan fingerprint density at radius 2 is 2.44 bits per heavy atom. The van der Waals surface area contributed by atoms with Crippen LogP contribution in [0.2, 0.25) is 0 Å². The second-order valence-electron chi connectivity index (χ2n) is 3.13. The summed E-state index contributed by atoms with van der Waals surface area (Å²) in [4.78, 5) is 11.5. The van der Waals surface area contributed by atoms with Crippen molar-refractivity contribution in [2.24, 2.45) is 5.84 Å². The van der Waals surface area contributed by atoms with Crippen LogP contribution in [0.25, 0.3) is 0 Å². The van der Waals surface area contributed by atoms with Gasteiger partial charge in [-0.05, 0) is 25.2 Å². The summed E-state index contributed by atoms with van der Waals surface area (Å²) in [6.07, 6.45) is 0.806. The van der Waals surface area contributed by atoms with Crippen LogP contribution in [0.5, 0.6) is 0 Å². The second kappa shape index (κ2) is 6.69. The molecule has 9 nitrogen and oxygen atoms in total. The third kappa shape index (κ3) is 4.19. The summed E-state index contributed by atoms with van der Waals surface area (Å²) in [5.74, 6) is 5.60. The normalized spacial score (nSPS) is 10.1. The summed E-state index contributed by atoms with van der Waals surface area (Å²) in [5, 5.41) is 19.7. The predicted octanol–water partition coefficient (Wildman–Crippen LogP) is -2.08. The maximum Gasteiger partial charge on any atom is 0.263 e. The Morgan fingerprint density at radius 3 is 3.06 bits per heavy atom. The molecule has 0 saturated carbocycles. The van der Waals surface area contributed by atoms with E-state index in [1.54, 1.807) is 0 Å². The molecule has 16 heavy (non-hydrogen) atoms. The first-order chi connectivity index (χ1) is 7.74. The van der Waals surface area contributed by atoms with E-state index in [0.29, 0.717) is 6.54 Å². The van der Waals surface area contributed by atoms with E-state index in [1.165, 1.54) is 5.01 Å². The highest BCUT2D eigenvalue weighted by Gasteiger charge is 2.09. The van der Waals surface area contributed by atoms with Crippen LogP contribution in [0.4, 0.5) is 5.95 Å². The Bertz CT molecular complexity index is 299. The molecule has 1 aromatic rings. The van der Waals surface area contributed by atoms with E-state index in [4.69, 9.17) is 5.84 Å². The van der Waals surface area contributed by atoms with E-state index in [9.17, 15) is 4.79 Å².